The number of carbonyl (C=O) groups excluding carboxylic acids is 1. The number of amides is 1. The number of benzene rings is 1. The lowest BCUT2D eigenvalue weighted by Gasteiger charge is -2.35. The first-order valence-corrected chi connectivity index (χ1v) is 5.86. The predicted octanol–water partition coefficient (Wildman–Crippen LogP) is 0.831. The van der Waals surface area contributed by atoms with Gasteiger partial charge in [-0.25, -0.2) is 0 Å². The molecule has 0 aromatic heterocycles. The molecule has 1 heterocycles. The third-order valence-electron chi connectivity index (χ3n) is 2.88. The topological polar surface area (TPSA) is 49.8 Å². The number of aliphatic hydroxyl groups is 1. The van der Waals surface area contributed by atoms with Gasteiger partial charge in [0.15, 0.2) is 6.61 Å². The van der Waals surface area contributed by atoms with E-state index in [1.165, 1.54) is 5.56 Å². The van der Waals surface area contributed by atoms with Crippen molar-refractivity contribution in [3.8, 4) is 5.75 Å². The van der Waals surface area contributed by atoms with Crippen LogP contribution in [0, 0.1) is 0 Å². The normalized spacial score (nSPS) is 15.5. The van der Waals surface area contributed by atoms with Crippen LogP contribution in [0.4, 0.5) is 0 Å². The number of aryl methyl sites for hydroxylation is 1. The van der Waals surface area contributed by atoms with Crippen molar-refractivity contribution in [1.82, 2.24) is 4.90 Å². The molecule has 1 saturated heterocycles. The van der Waals surface area contributed by atoms with Gasteiger partial charge in [0.1, 0.15) is 5.75 Å². The molecule has 0 spiro atoms. The van der Waals surface area contributed by atoms with E-state index in [0.717, 1.165) is 12.2 Å². The fourth-order valence-corrected chi connectivity index (χ4v) is 1.75. The summed E-state index contributed by atoms with van der Waals surface area (Å²) in [7, 11) is 0. The number of rotatable bonds is 4. The number of ether oxygens (including phenoxy) is 1. The Balaban J connectivity index is 1.82. The lowest BCUT2D eigenvalue weighted by molar-refractivity contribution is -0.143. The van der Waals surface area contributed by atoms with Crippen molar-refractivity contribution in [3.63, 3.8) is 0 Å². The molecule has 17 heavy (non-hydrogen) atoms. The van der Waals surface area contributed by atoms with Crippen LogP contribution in [0.3, 0.4) is 0 Å². The maximum atomic E-state index is 11.6. The average Bonchev–Trinajstić information content (AvgIpc) is 2.32. The van der Waals surface area contributed by atoms with Crippen molar-refractivity contribution in [2.24, 2.45) is 0 Å². The van der Waals surface area contributed by atoms with Crippen molar-refractivity contribution in [3.05, 3.63) is 29.8 Å². The van der Waals surface area contributed by atoms with Gasteiger partial charge in [0.05, 0.1) is 6.10 Å². The van der Waals surface area contributed by atoms with Crippen molar-refractivity contribution >= 4 is 5.91 Å². The smallest absolute Gasteiger partial charge is 0.260 e. The van der Waals surface area contributed by atoms with E-state index in [-0.39, 0.29) is 18.6 Å². The molecule has 1 aliphatic rings. The van der Waals surface area contributed by atoms with Gasteiger partial charge in [0, 0.05) is 13.1 Å². The minimum absolute atomic E-state index is 0.0416. The van der Waals surface area contributed by atoms with Crippen LogP contribution in [-0.2, 0) is 11.2 Å². The van der Waals surface area contributed by atoms with Gasteiger partial charge in [-0.3, -0.25) is 4.79 Å². The van der Waals surface area contributed by atoms with Gasteiger partial charge in [-0.15, -0.1) is 0 Å². The Morgan fingerprint density at radius 2 is 2.29 bits per heavy atom. The second-order valence-electron chi connectivity index (χ2n) is 4.24. The summed E-state index contributed by atoms with van der Waals surface area (Å²) in [6.45, 7) is 2.97. The largest absolute Gasteiger partial charge is 0.484 e. The highest BCUT2D eigenvalue weighted by atomic mass is 16.5. The number of β-amino-alcohol motifs (C(OH)–C–C–N with tert-alkyl or cyclic N) is 1. The van der Waals surface area contributed by atoms with Gasteiger partial charge < -0.3 is 14.7 Å². The summed E-state index contributed by atoms with van der Waals surface area (Å²) in [5.74, 6) is 0.649. The fraction of sp³-hybridized carbons (Fsp3) is 0.462. The molecule has 2 rings (SSSR count). The molecule has 4 heteroatoms. The number of hydrogen-bond acceptors (Lipinski definition) is 3. The molecule has 1 aromatic carbocycles. The van der Waals surface area contributed by atoms with E-state index >= 15 is 0 Å². The number of nitrogens with zero attached hydrogens (tertiary/aromatic N) is 1. The van der Waals surface area contributed by atoms with Crippen LogP contribution < -0.4 is 4.74 Å². The minimum Gasteiger partial charge on any atom is -0.484 e. The third kappa shape index (κ3) is 2.97. The summed E-state index contributed by atoms with van der Waals surface area (Å²) in [6, 6.07) is 7.74. The number of carbonyl (C=O) groups is 1. The van der Waals surface area contributed by atoms with Crippen LogP contribution in [-0.4, -0.2) is 41.7 Å². The van der Waals surface area contributed by atoms with E-state index in [9.17, 15) is 4.79 Å². The van der Waals surface area contributed by atoms with E-state index in [2.05, 4.69) is 6.92 Å². The summed E-state index contributed by atoms with van der Waals surface area (Å²) in [5.41, 5.74) is 1.19. The molecule has 92 valence electrons. The highest BCUT2D eigenvalue weighted by Crippen LogP contribution is 2.14. The van der Waals surface area contributed by atoms with Crippen molar-refractivity contribution < 1.29 is 14.6 Å². The van der Waals surface area contributed by atoms with E-state index in [0.29, 0.717) is 13.1 Å². The quantitative estimate of drug-likeness (QED) is 0.841. The fourth-order valence-electron chi connectivity index (χ4n) is 1.75. The third-order valence-corrected chi connectivity index (χ3v) is 2.88. The molecule has 0 radical (unpaired) electrons. The zero-order chi connectivity index (χ0) is 12.3. The molecule has 0 bridgehead atoms. The monoisotopic (exact) mass is 235 g/mol. The Morgan fingerprint density at radius 3 is 2.94 bits per heavy atom. The van der Waals surface area contributed by atoms with Gasteiger partial charge in [-0.05, 0) is 24.1 Å². The van der Waals surface area contributed by atoms with E-state index in [1.807, 2.05) is 24.3 Å². The van der Waals surface area contributed by atoms with E-state index in [1.54, 1.807) is 4.90 Å². The maximum absolute atomic E-state index is 11.6. The molecule has 0 atom stereocenters. The standard InChI is InChI=1S/C13H17NO3/c1-2-10-4-3-5-12(6-10)17-9-13(16)14-7-11(15)8-14/h3-6,11,15H,2,7-9H2,1H3. The van der Waals surface area contributed by atoms with Crippen LogP contribution >= 0.6 is 0 Å². The Labute approximate surface area is 101 Å². The molecule has 4 nitrogen and oxygen atoms in total. The van der Waals surface area contributed by atoms with E-state index in [4.69, 9.17) is 9.84 Å². The Bertz CT molecular complexity index is 399. The lowest BCUT2D eigenvalue weighted by Crippen LogP contribution is -2.54. The van der Waals surface area contributed by atoms with Crippen LogP contribution in [0.15, 0.2) is 24.3 Å². The lowest BCUT2D eigenvalue weighted by atomic mass is 10.1. The summed E-state index contributed by atoms with van der Waals surface area (Å²) in [6.07, 6.45) is 0.589. The zero-order valence-corrected chi connectivity index (χ0v) is 9.93. The van der Waals surface area contributed by atoms with Crippen LogP contribution in [0.5, 0.6) is 5.75 Å². The predicted molar refractivity (Wildman–Crippen MR) is 63.9 cm³/mol. The molecule has 0 unspecified atom stereocenters. The van der Waals surface area contributed by atoms with Gasteiger partial charge in [-0.1, -0.05) is 19.1 Å². The first kappa shape index (κ1) is 11.9. The molecule has 0 aliphatic carbocycles. The van der Waals surface area contributed by atoms with Crippen LogP contribution in [0.2, 0.25) is 0 Å². The zero-order valence-electron chi connectivity index (χ0n) is 9.93. The number of likely N-dealkylation sites (tertiary alicyclic amines) is 1. The highest BCUT2D eigenvalue weighted by molar-refractivity contribution is 5.78. The first-order valence-electron chi connectivity index (χ1n) is 5.86. The molecule has 1 amide bonds. The van der Waals surface area contributed by atoms with Crippen molar-refractivity contribution in [1.29, 1.82) is 0 Å². The van der Waals surface area contributed by atoms with E-state index < -0.39 is 0 Å². The van der Waals surface area contributed by atoms with Crippen LogP contribution in [0.1, 0.15) is 12.5 Å². The molecule has 0 saturated carbocycles. The summed E-state index contributed by atoms with van der Waals surface area (Å²) >= 11 is 0. The minimum atomic E-state index is -0.359. The summed E-state index contributed by atoms with van der Waals surface area (Å²) in [4.78, 5) is 13.2. The van der Waals surface area contributed by atoms with Gasteiger partial charge in [0.25, 0.3) is 5.91 Å². The summed E-state index contributed by atoms with van der Waals surface area (Å²) < 4.78 is 5.43. The van der Waals surface area contributed by atoms with Crippen molar-refractivity contribution in [2.75, 3.05) is 19.7 Å². The average molecular weight is 235 g/mol. The SMILES string of the molecule is CCc1cccc(OCC(=O)N2CC(O)C2)c1. The molecule has 1 fully saturated rings. The van der Waals surface area contributed by atoms with Gasteiger partial charge >= 0.3 is 0 Å². The Kier molecular flexibility index (Phi) is 3.64. The second kappa shape index (κ2) is 5.19. The summed E-state index contributed by atoms with van der Waals surface area (Å²) in [5, 5.41) is 9.09. The molecular weight excluding hydrogens is 218 g/mol. The highest BCUT2D eigenvalue weighted by Gasteiger charge is 2.28. The maximum Gasteiger partial charge on any atom is 0.260 e. The molecule has 1 aromatic rings. The molecular formula is C13H17NO3. The molecule has 1 aliphatic heterocycles. The molecule has 1 N–H and O–H groups in total. The Hall–Kier alpha value is -1.55. The van der Waals surface area contributed by atoms with Gasteiger partial charge in [0.2, 0.25) is 0 Å². The first-order chi connectivity index (χ1) is 8.19. The number of aliphatic hydroxyl groups excluding tert-OH is 1. The van der Waals surface area contributed by atoms with Crippen LogP contribution in [0.25, 0.3) is 0 Å². The van der Waals surface area contributed by atoms with Gasteiger partial charge in [-0.2, -0.15) is 0 Å². The second-order valence-corrected chi connectivity index (χ2v) is 4.24. The Morgan fingerprint density at radius 1 is 1.53 bits per heavy atom. The number of hydrogen-bond donors (Lipinski definition) is 1. The van der Waals surface area contributed by atoms with Crippen molar-refractivity contribution in [2.45, 2.75) is 19.4 Å².